The molecule has 0 aliphatic carbocycles. The van der Waals surface area contributed by atoms with Crippen LogP contribution in [0.25, 0.3) is 11.4 Å². The fraction of sp³-hybridized carbons (Fsp3) is 0.0625. The summed E-state index contributed by atoms with van der Waals surface area (Å²) in [7, 11) is 0. The Morgan fingerprint density at radius 3 is 2.68 bits per heavy atom. The maximum absolute atomic E-state index is 12.8. The molecule has 22 heavy (non-hydrogen) atoms. The minimum absolute atomic E-state index is 0.179. The first-order valence-electron chi connectivity index (χ1n) is 6.62. The van der Waals surface area contributed by atoms with Gasteiger partial charge in [-0.05, 0) is 29.8 Å². The molecule has 1 N–H and O–H groups in total. The Morgan fingerprint density at radius 2 is 1.95 bits per heavy atom. The van der Waals surface area contributed by atoms with Gasteiger partial charge in [0.15, 0.2) is 5.13 Å². The quantitative estimate of drug-likeness (QED) is 0.801. The molecule has 0 saturated heterocycles. The second kappa shape index (κ2) is 6.44. The SMILES string of the molecule is O=C(Cc1ccc(F)cc1)Nc1nc(-c2ccccn2)cs1. The Morgan fingerprint density at radius 1 is 1.14 bits per heavy atom. The molecule has 0 bridgehead atoms. The highest BCUT2D eigenvalue weighted by Crippen LogP contribution is 2.23. The summed E-state index contributed by atoms with van der Waals surface area (Å²) in [4.78, 5) is 20.5. The average Bonchev–Trinajstić information content (AvgIpc) is 2.99. The van der Waals surface area contributed by atoms with Gasteiger partial charge in [-0.3, -0.25) is 9.78 Å². The second-order valence-electron chi connectivity index (χ2n) is 4.60. The zero-order valence-electron chi connectivity index (χ0n) is 11.5. The smallest absolute Gasteiger partial charge is 0.230 e. The van der Waals surface area contributed by atoms with Crippen molar-refractivity contribution in [1.82, 2.24) is 9.97 Å². The molecule has 2 aromatic heterocycles. The first-order chi connectivity index (χ1) is 10.7. The van der Waals surface area contributed by atoms with E-state index in [4.69, 9.17) is 0 Å². The molecule has 4 nitrogen and oxygen atoms in total. The number of nitrogens with one attached hydrogen (secondary N) is 1. The molecule has 0 spiro atoms. The Labute approximate surface area is 130 Å². The maximum Gasteiger partial charge on any atom is 0.230 e. The number of carbonyl (C=O) groups is 1. The van der Waals surface area contributed by atoms with Gasteiger partial charge in [0.1, 0.15) is 11.5 Å². The van der Waals surface area contributed by atoms with Gasteiger partial charge in [-0.1, -0.05) is 18.2 Å². The third-order valence-corrected chi connectivity index (χ3v) is 3.71. The molecule has 0 atom stereocenters. The van der Waals surface area contributed by atoms with Crippen LogP contribution >= 0.6 is 11.3 Å². The minimum Gasteiger partial charge on any atom is -0.302 e. The number of thiazole rings is 1. The Kier molecular flexibility index (Phi) is 4.20. The second-order valence-corrected chi connectivity index (χ2v) is 5.46. The number of rotatable bonds is 4. The van der Waals surface area contributed by atoms with E-state index in [1.165, 1.54) is 23.5 Å². The number of hydrogen-bond donors (Lipinski definition) is 1. The molecular weight excluding hydrogens is 301 g/mol. The lowest BCUT2D eigenvalue weighted by molar-refractivity contribution is -0.115. The van der Waals surface area contributed by atoms with Gasteiger partial charge in [-0.25, -0.2) is 9.37 Å². The Balaban J connectivity index is 1.65. The van der Waals surface area contributed by atoms with Gasteiger partial charge in [0.2, 0.25) is 5.91 Å². The van der Waals surface area contributed by atoms with E-state index >= 15 is 0 Å². The highest BCUT2D eigenvalue weighted by atomic mass is 32.1. The fourth-order valence-electron chi connectivity index (χ4n) is 1.91. The van der Waals surface area contributed by atoms with E-state index in [9.17, 15) is 9.18 Å². The number of pyridine rings is 1. The van der Waals surface area contributed by atoms with Crippen LogP contribution in [0.3, 0.4) is 0 Å². The topological polar surface area (TPSA) is 54.9 Å². The third-order valence-electron chi connectivity index (χ3n) is 2.96. The van der Waals surface area contributed by atoms with Crippen molar-refractivity contribution in [2.75, 3.05) is 5.32 Å². The van der Waals surface area contributed by atoms with Gasteiger partial charge < -0.3 is 5.32 Å². The van der Waals surface area contributed by atoms with Crippen LogP contribution in [0.15, 0.2) is 54.0 Å². The van der Waals surface area contributed by atoms with E-state index < -0.39 is 0 Å². The average molecular weight is 313 g/mol. The fourth-order valence-corrected chi connectivity index (χ4v) is 2.63. The molecule has 6 heteroatoms. The summed E-state index contributed by atoms with van der Waals surface area (Å²) in [5.41, 5.74) is 2.24. The maximum atomic E-state index is 12.8. The highest BCUT2D eigenvalue weighted by Gasteiger charge is 2.09. The monoisotopic (exact) mass is 313 g/mol. The predicted molar refractivity (Wildman–Crippen MR) is 84.1 cm³/mol. The van der Waals surface area contributed by atoms with Crippen molar-refractivity contribution >= 4 is 22.4 Å². The third kappa shape index (κ3) is 3.53. The molecule has 110 valence electrons. The molecule has 1 aromatic carbocycles. The van der Waals surface area contributed by atoms with Crippen LogP contribution < -0.4 is 5.32 Å². The number of carbonyl (C=O) groups excluding carboxylic acids is 1. The van der Waals surface area contributed by atoms with E-state index in [0.717, 1.165) is 17.0 Å². The lowest BCUT2D eigenvalue weighted by atomic mass is 10.1. The predicted octanol–water partition coefficient (Wildman–Crippen LogP) is 3.53. The molecule has 1 amide bonds. The minimum atomic E-state index is -0.316. The Bertz CT molecular complexity index is 772. The number of amides is 1. The molecule has 0 fully saturated rings. The number of anilines is 1. The van der Waals surface area contributed by atoms with Crippen LogP contribution in [0.5, 0.6) is 0 Å². The molecule has 0 unspecified atom stereocenters. The summed E-state index contributed by atoms with van der Waals surface area (Å²) >= 11 is 1.34. The first kappa shape index (κ1) is 14.3. The van der Waals surface area contributed by atoms with Crippen molar-refractivity contribution in [2.24, 2.45) is 0 Å². The number of aromatic nitrogens is 2. The normalized spacial score (nSPS) is 10.4. The van der Waals surface area contributed by atoms with Crippen LogP contribution in [-0.4, -0.2) is 15.9 Å². The molecule has 0 saturated carbocycles. The van der Waals surface area contributed by atoms with Gasteiger partial charge in [-0.15, -0.1) is 11.3 Å². The van der Waals surface area contributed by atoms with Crippen LogP contribution in [0.1, 0.15) is 5.56 Å². The highest BCUT2D eigenvalue weighted by molar-refractivity contribution is 7.14. The van der Waals surface area contributed by atoms with Crippen LogP contribution in [0.2, 0.25) is 0 Å². The molecule has 0 aliphatic heterocycles. The van der Waals surface area contributed by atoms with Gasteiger partial charge in [0.25, 0.3) is 0 Å². The van der Waals surface area contributed by atoms with Crippen LogP contribution in [-0.2, 0) is 11.2 Å². The molecule has 0 radical (unpaired) electrons. The summed E-state index contributed by atoms with van der Waals surface area (Å²) in [5.74, 6) is -0.502. The van der Waals surface area contributed by atoms with Crippen molar-refractivity contribution in [3.8, 4) is 11.4 Å². The van der Waals surface area contributed by atoms with E-state index in [1.807, 2.05) is 23.6 Å². The van der Waals surface area contributed by atoms with Gasteiger partial charge >= 0.3 is 0 Å². The molecule has 3 aromatic rings. The number of nitrogens with zero attached hydrogens (tertiary/aromatic N) is 2. The Hall–Kier alpha value is -2.60. The molecule has 0 aliphatic rings. The van der Waals surface area contributed by atoms with Crippen molar-refractivity contribution in [2.45, 2.75) is 6.42 Å². The number of hydrogen-bond acceptors (Lipinski definition) is 4. The van der Waals surface area contributed by atoms with Crippen molar-refractivity contribution in [1.29, 1.82) is 0 Å². The first-order valence-corrected chi connectivity index (χ1v) is 7.50. The lowest BCUT2D eigenvalue weighted by Gasteiger charge is -2.02. The van der Waals surface area contributed by atoms with Gasteiger partial charge in [0.05, 0.1) is 12.1 Å². The number of benzene rings is 1. The zero-order valence-corrected chi connectivity index (χ0v) is 12.3. The van der Waals surface area contributed by atoms with Crippen molar-refractivity contribution < 1.29 is 9.18 Å². The largest absolute Gasteiger partial charge is 0.302 e. The summed E-state index contributed by atoms with van der Waals surface area (Å²) in [5, 5.41) is 5.11. The van der Waals surface area contributed by atoms with Crippen LogP contribution in [0, 0.1) is 5.82 Å². The lowest BCUT2D eigenvalue weighted by Crippen LogP contribution is -2.14. The number of halogens is 1. The molecule has 3 rings (SSSR count). The summed E-state index contributed by atoms with van der Waals surface area (Å²) in [6.45, 7) is 0. The van der Waals surface area contributed by atoms with Crippen molar-refractivity contribution in [3.05, 3.63) is 65.4 Å². The molecular formula is C16H12FN3OS. The summed E-state index contributed by atoms with van der Waals surface area (Å²) in [6.07, 6.45) is 1.88. The van der Waals surface area contributed by atoms with Gasteiger partial charge in [0, 0.05) is 11.6 Å². The van der Waals surface area contributed by atoms with E-state index in [-0.39, 0.29) is 18.1 Å². The summed E-state index contributed by atoms with van der Waals surface area (Å²) < 4.78 is 12.8. The van der Waals surface area contributed by atoms with E-state index in [1.54, 1.807) is 18.3 Å². The van der Waals surface area contributed by atoms with E-state index in [2.05, 4.69) is 15.3 Å². The van der Waals surface area contributed by atoms with Gasteiger partial charge in [-0.2, -0.15) is 0 Å². The summed E-state index contributed by atoms with van der Waals surface area (Å²) in [6, 6.07) is 11.4. The zero-order chi connectivity index (χ0) is 15.4. The van der Waals surface area contributed by atoms with E-state index in [0.29, 0.717) is 5.13 Å². The molecule has 2 heterocycles. The van der Waals surface area contributed by atoms with Crippen molar-refractivity contribution in [3.63, 3.8) is 0 Å². The van der Waals surface area contributed by atoms with Crippen LogP contribution in [0.4, 0.5) is 9.52 Å². The standard InChI is InChI=1S/C16H12FN3OS/c17-12-6-4-11(5-7-12)9-15(21)20-16-19-14(10-22-16)13-3-1-2-8-18-13/h1-8,10H,9H2,(H,19,20,21).